The minimum Gasteiger partial charge on any atom is -0.497 e. The number of amides is 2. The zero-order chi connectivity index (χ0) is 25.2. The minimum absolute atomic E-state index is 0.0670. The molecule has 2 aromatic carbocycles. The van der Waals surface area contributed by atoms with Gasteiger partial charge in [0.2, 0.25) is 5.91 Å². The lowest BCUT2D eigenvalue weighted by Gasteiger charge is -2.31. The molecule has 2 amide bonds. The molecule has 2 aromatic rings. The van der Waals surface area contributed by atoms with Gasteiger partial charge >= 0.3 is 5.97 Å². The van der Waals surface area contributed by atoms with Crippen molar-refractivity contribution >= 4 is 17.8 Å². The van der Waals surface area contributed by atoms with Gasteiger partial charge < -0.3 is 24.4 Å². The van der Waals surface area contributed by atoms with Crippen LogP contribution in [0, 0.1) is 12.8 Å². The molecular formula is C27H34N2O6. The summed E-state index contributed by atoms with van der Waals surface area (Å²) < 4.78 is 15.8. The molecule has 8 nitrogen and oxygen atoms in total. The number of benzene rings is 2. The normalized spacial score (nSPS) is 13.7. The SMILES string of the molecule is COc1cc(OC)cc(C(=O)N2CCC(C(=O)OCCNC(=O)CCc3ccc(C)cc3)CC2)c1. The monoisotopic (exact) mass is 482 g/mol. The number of methoxy groups -OCH3 is 2. The topological polar surface area (TPSA) is 94.2 Å². The van der Waals surface area contributed by atoms with Crippen LogP contribution in [0.2, 0.25) is 0 Å². The number of rotatable bonds is 10. The predicted octanol–water partition coefficient (Wildman–Crippen LogP) is 3.16. The van der Waals surface area contributed by atoms with E-state index in [9.17, 15) is 14.4 Å². The third kappa shape index (κ3) is 7.73. The van der Waals surface area contributed by atoms with E-state index in [1.807, 2.05) is 31.2 Å². The van der Waals surface area contributed by atoms with E-state index in [1.165, 1.54) is 19.8 Å². The third-order valence-corrected chi connectivity index (χ3v) is 6.14. The number of carbonyl (C=O) groups excluding carboxylic acids is 3. The molecule has 1 saturated heterocycles. The molecule has 1 fully saturated rings. The molecule has 0 bridgehead atoms. The van der Waals surface area contributed by atoms with Crippen molar-refractivity contribution in [3.05, 3.63) is 59.2 Å². The summed E-state index contributed by atoms with van der Waals surface area (Å²) in [6.45, 7) is 3.38. The van der Waals surface area contributed by atoms with E-state index in [-0.39, 0.29) is 36.9 Å². The van der Waals surface area contributed by atoms with Gasteiger partial charge in [-0.15, -0.1) is 0 Å². The van der Waals surface area contributed by atoms with Crippen LogP contribution in [0.5, 0.6) is 11.5 Å². The lowest BCUT2D eigenvalue weighted by atomic mass is 9.96. The highest BCUT2D eigenvalue weighted by Crippen LogP contribution is 2.25. The number of esters is 1. The summed E-state index contributed by atoms with van der Waals surface area (Å²) in [4.78, 5) is 39.1. The summed E-state index contributed by atoms with van der Waals surface area (Å²) in [5.74, 6) is 0.372. The summed E-state index contributed by atoms with van der Waals surface area (Å²) >= 11 is 0. The van der Waals surface area contributed by atoms with Gasteiger partial charge in [0.1, 0.15) is 18.1 Å². The van der Waals surface area contributed by atoms with Gasteiger partial charge in [-0.05, 0) is 43.9 Å². The van der Waals surface area contributed by atoms with Crippen LogP contribution < -0.4 is 14.8 Å². The molecular weight excluding hydrogens is 448 g/mol. The van der Waals surface area contributed by atoms with Gasteiger partial charge in [-0.25, -0.2) is 0 Å². The summed E-state index contributed by atoms with van der Waals surface area (Å²) in [6, 6.07) is 13.2. The maximum absolute atomic E-state index is 12.9. The van der Waals surface area contributed by atoms with Gasteiger partial charge in [0, 0.05) is 31.1 Å². The molecule has 188 valence electrons. The van der Waals surface area contributed by atoms with Crippen LogP contribution in [0.1, 0.15) is 40.7 Å². The van der Waals surface area contributed by atoms with E-state index in [4.69, 9.17) is 14.2 Å². The second-order valence-electron chi connectivity index (χ2n) is 8.67. The van der Waals surface area contributed by atoms with Crippen molar-refractivity contribution in [3.8, 4) is 11.5 Å². The molecule has 0 saturated carbocycles. The van der Waals surface area contributed by atoms with Crippen molar-refractivity contribution in [3.63, 3.8) is 0 Å². The fourth-order valence-corrected chi connectivity index (χ4v) is 3.99. The van der Waals surface area contributed by atoms with Crippen LogP contribution >= 0.6 is 0 Å². The van der Waals surface area contributed by atoms with Crippen molar-refractivity contribution < 1.29 is 28.6 Å². The first kappa shape index (κ1) is 26.1. The first-order valence-corrected chi connectivity index (χ1v) is 11.9. The molecule has 0 unspecified atom stereocenters. The fourth-order valence-electron chi connectivity index (χ4n) is 3.99. The van der Waals surface area contributed by atoms with Crippen molar-refractivity contribution in [1.29, 1.82) is 0 Å². The molecule has 35 heavy (non-hydrogen) atoms. The van der Waals surface area contributed by atoms with E-state index in [1.54, 1.807) is 23.1 Å². The van der Waals surface area contributed by atoms with Gasteiger partial charge in [0.25, 0.3) is 5.91 Å². The number of carbonyl (C=O) groups is 3. The van der Waals surface area contributed by atoms with Crippen LogP contribution in [0.3, 0.4) is 0 Å². The zero-order valence-electron chi connectivity index (χ0n) is 20.7. The van der Waals surface area contributed by atoms with Crippen molar-refractivity contribution in [1.82, 2.24) is 10.2 Å². The Balaban J connectivity index is 1.35. The maximum Gasteiger partial charge on any atom is 0.309 e. The molecule has 1 heterocycles. The Labute approximate surface area is 206 Å². The van der Waals surface area contributed by atoms with Gasteiger partial charge in [0.05, 0.1) is 26.7 Å². The molecule has 0 aromatic heterocycles. The molecule has 3 rings (SSSR count). The van der Waals surface area contributed by atoms with Crippen LogP contribution in [0.25, 0.3) is 0 Å². The first-order valence-electron chi connectivity index (χ1n) is 11.9. The zero-order valence-corrected chi connectivity index (χ0v) is 20.7. The van der Waals surface area contributed by atoms with E-state index >= 15 is 0 Å². The Bertz CT molecular complexity index is 991. The lowest BCUT2D eigenvalue weighted by molar-refractivity contribution is -0.150. The number of nitrogens with zero attached hydrogens (tertiary/aromatic N) is 1. The highest BCUT2D eigenvalue weighted by Gasteiger charge is 2.29. The number of hydrogen-bond acceptors (Lipinski definition) is 6. The Kier molecular flexibility index (Phi) is 9.52. The first-order chi connectivity index (χ1) is 16.9. The summed E-state index contributed by atoms with van der Waals surface area (Å²) in [5, 5.41) is 2.79. The Morgan fingerprint density at radius 1 is 0.971 bits per heavy atom. The van der Waals surface area contributed by atoms with Crippen LogP contribution in [-0.2, 0) is 20.7 Å². The number of likely N-dealkylation sites (tertiary alicyclic amines) is 1. The van der Waals surface area contributed by atoms with Crippen molar-refractivity contribution in [2.75, 3.05) is 40.5 Å². The molecule has 8 heteroatoms. The minimum atomic E-state index is -0.283. The molecule has 0 radical (unpaired) electrons. The van der Waals surface area contributed by atoms with E-state index in [2.05, 4.69) is 5.32 Å². The number of ether oxygens (including phenoxy) is 3. The van der Waals surface area contributed by atoms with E-state index < -0.39 is 0 Å². The second-order valence-corrected chi connectivity index (χ2v) is 8.67. The number of piperidine rings is 1. The summed E-state index contributed by atoms with van der Waals surface area (Å²) in [7, 11) is 3.08. The number of nitrogens with one attached hydrogen (secondary N) is 1. The standard InChI is InChI=1S/C27H34N2O6/c1-19-4-6-20(7-5-19)8-9-25(30)28-12-15-35-27(32)21-10-13-29(14-11-21)26(31)22-16-23(33-2)18-24(17-22)34-3/h4-7,16-18,21H,8-15H2,1-3H3,(H,28,30). The van der Waals surface area contributed by atoms with Gasteiger partial charge in [-0.1, -0.05) is 29.8 Å². The highest BCUT2D eigenvalue weighted by atomic mass is 16.5. The quantitative estimate of drug-likeness (QED) is 0.413. The Morgan fingerprint density at radius 2 is 1.60 bits per heavy atom. The van der Waals surface area contributed by atoms with Crippen LogP contribution in [0.15, 0.2) is 42.5 Å². The number of hydrogen-bond donors (Lipinski definition) is 1. The summed E-state index contributed by atoms with van der Waals surface area (Å²) in [5.41, 5.74) is 2.79. The molecule has 0 atom stereocenters. The van der Waals surface area contributed by atoms with Gasteiger partial charge in [-0.2, -0.15) is 0 Å². The molecule has 1 aliphatic heterocycles. The van der Waals surface area contributed by atoms with Crippen molar-refractivity contribution in [2.24, 2.45) is 5.92 Å². The lowest BCUT2D eigenvalue weighted by Crippen LogP contribution is -2.41. The van der Waals surface area contributed by atoms with E-state index in [0.29, 0.717) is 55.8 Å². The van der Waals surface area contributed by atoms with Crippen LogP contribution in [-0.4, -0.2) is 63.1 Å². The molecule has 1 N–H and O–H groups in total. The molecule has 0 spiro atoms. The second kappa shape index (κ2) is 12.8. The highest BCUT2D eigenvalue weighted by molar-refractivity contribution is 5.95. The Morgan fingerprint density at radius 3 is 2.20 bits per heavy atom. The average molecular weight is 483 g/mol. The third-order valence-electron chi connectivity index (χ3n) is 6.14. The van der Waals surface area contributed by atoms with Crippen molar-refractivity contribution in [2.45, 2.75) is 32.6 Å². The Hall–Kier alpha value is -3.55. The fraction of sp³-hybridized carbons (Fsp3) is 0.444. The van der Waals surface area contributed by atoms with Gasteiger partial charge in [-0.3, -0.25) is 14.4 Å². The van der Waals surface area contributed by atoms with Gasteiger partial charge in [0.15, 0.2) is 0 Å². The largest absolute Gasteiger partial charge is 0.497 e. The summed E-state index contributed by atoms with van der Waals surface area (Å²) in [6.07, 6.45) is 2.14. The maximum atomic E-state index is 12.9. The molecule has 1 aliphatic rings. The average Bonchev–Trinajstić information content (AvgIpc) is 2.89. The van der Waals surface area contributed by atoms with E-state index in [0.717, 1.165) is 5.56 Å². The predicted molar refractivity (Wildman–Crippen MR) is 132 cm³/mol. The number of aryl methyl sites for hydroxylation is 2. The smallest absolute Gasteiger partial charge is 0.309 e. The molecule has 0 aliphatic carbocycles. The van der Waals surface area contributed by atoms with Crippen LogP contribution in [0.4, 0.5) is 0 Å².